The fourth-order valence-corrected chi connectivity index (χ4v) is 5.01. The van der Waals surface area contributed by atoms with Crippen LogP contribution in [0.3, 0.4) is 0 Å². The van der Waals surface area contributed by atoms with E-state index in [2.05, 4.69) is 15.4 Å². The zero-order valence-corrected chi connectivity index (χ0v) is 21.0. The van der Waals surface area contributed by atoms with Crippen LogP contribution in [0.25, 0.3) is 0 Å². The van der Waals surface area contributed by atoms with Crippen molar-refractivity contribution in [2.24, 2.45) is 0 Å². The molecule has 1 unspecified atom stereocenters. The average molecular weight is 508 g/mol. The molecule has 3 N–H and O–H groups in total. The highest BCUT2D eigenvalue weighted by atomic mass is 32.2. The van der Waals surface area contributed by atoms with Gasteiger partial charge in [-0.2, -0.15) is 0 Å². The van der Waals surface area contributed by atoms with Crippen molar-refractivity contribution in [2.45, 2.75) is 37.7 Å². The van der Waals surface area contributed by atoms with E-state index in [4.69, 9.17) is 4.74 Å². The van der Waals surface area contributed by atoms with Gasteiger partial charge in [-0.15, -0.1) is 0 Å². The molecule has 0 aliphatic carbocycles. The zero-order chi connectivity index (χ0) is 25.7. The lowest BCUT2D eigenvalue weighted by Gasteiger charge is -2.15. The smallest absolute Gasteiger partial charge is 0.261 e. The zero-order valence-electron chi connectivity index (χ0n) is 20.2. The Morgan fingerprint density at radius 2 is 1.69 bits per heavy atom. The molecule has 1 aliphatic heterocycles. The summed E-state index contributed by atoms with van der Waals surface area (Å²) in [5, 5.41) is 5.64. The molecular formula is C27H29N3O5S. The van der Waals surface area contributed by atoms with Crippen molar-refractivity contribution in [3.8, 4) is 0 Å². The predicted molar refractivity (Wildman–Crippen MR) is 139 cm³/mol. The minimum atomic E-state index is -3.83. The number of rotatable bonds is 8. The molecule has 3 aromatic carbocycles. The molecule has 0 aromatic heterocycles. The third-order valence-corrected chi connectivity index (χ3v) is 7.39. The third-order valence-electron chi connectivity index (χ3n) is 6.01. The van der Waals surface area contributed by atoms with Crippen LogP contribution >= 0.6 is 0 Å². The fourth-order valence-electron chi connectivity index (χ4n) is 3.89. The van der Waals surface area contributed by atoms with Crippen molar-refractivity contribution in [3.05, 3.63) is 89.0 Å². The summed E-state index contributed by atoms with van der Waals surface area (Å²) in [6.45, 7) is 4.74. The lowest BCUT2D eigenvalue weighted by Crippen LogP contribution is -2.32. The summed E-state index contributed by atoms with van der Waals surface area (Å²) < 4.78 is 33.8. The average Bonchev–Trinajstić information content (AvgIpc) is 3.38. The number of para-hydroxylation sites is 1. The van der Waals surface area contributed by atoms with E-state index in [1.54, 1.807) is 55.5 Å². The number of carbonyl (C=O) groups is 2. The largest absolute Gasteiger partial charge is 0.376 e. The number of benzene rings is 3. The van der Waals surface area contributed by atoms with E-state index in [0.717, 1.165) is 18.4 Å². The van der Waals surface area contributed by atoms with E-state index in [0.29, 0.717) is 35.7 Å². The lowest BCUT2D eigenvalue weighted by molar-refractivity contribution is 0.0858. The molecule has 1 saturated heterocycles. The number of anilines is 2. The minimum absolute atomic E-state index is 0.00497. The van der Waals surface area contributed by atoms with Crippen molar-refractivity contribution >= 4 is 33.2 Å². The quantitative estimate of drug-likeness (QED) is 0.422. The third kappa shape index (κ3) is 6.10. The van der Waals surface area contributed by atoms with Gasteiger partial charge in [0, 0.05) is 18.7 Å². The molecule has 36 heavy (non-hydrogen) atoms. The summed E-state index contributed by atoms with van der Waals surface area (Å²) in [4.78, 5) is 25.9. The highest BCUT2D eigenvalue weighted by Gasteiger charge is 2.20. The van der Waals surface area contributed by atoms with Crippen molar-refractivity contribution in [2.75, 3.05) is 23.2 Å². The second-order valence-electron chi connectivity index (χ2n) is 8.79. The van der Waals surface area contributed by atoms with E-state index >= 15 is 0 Å². The van der Waals surface area contributed by atoms with Gasteiger partial charge in [0.15, 0.2) is 0 Å². The molecule has 1 aliphatic rings. The van der Waals surface area contributed by atoms with Crippen LogP contribution in [0.4, 0.5) is 11.4 Å². The maximum Gasteiger partial charge on any atom is 0.261 e. The Hall–Kier alpha value is -3.69. The normalized spacial score (nSPS) is 15.3. The van der Waals surface area contributed by atoms with Crippen LogP contribution in [0.15, 0.2) is 71.6 Å². The Morgan fingerprint density at radius 1 is 0.944 bits per heavy atom. The SMILES string of the molecule is Cc1ccc(S(=O)(=O)Nc2cc(C(=O)Nc3ccccc3C(=O)NCC3CCCO3)ccc2C)cc1. The number of nitrogens with one attached hydrogen (secondary N) is 3. The molecule has 8 nitrogen and oxygen atoms in total. The molecule has 2 amide bonds. The number of ether oxygens (including phenoxy) is 1. The summed E-state index contributed by atoms with van der Waals surface area (Å²) in [6.07, 6.45) is 1.89. The highest BCUT2D eigenvalue weighted by molar-refractivity contribution is 7.92. The molecule has 0 saturated carbocycles. The maximum atomic E-state index is 13.1. The van der Waals surface area contributed by atoms with Crippen molar-refractivity contribution in [1.29, 1.82) is 0 Å². The summed E-state index contributed by atoms with van der Waals surface area (Å²) in [6, 6.07) is 18.0. The summed E-state index contributed by atoms with van der Waals surface area (Å²) in [7, 11) is -3.83. The molecule has 4 rings (SSSR count). The second kappa shape index (κ2) is 10.9. The van der Waals surface area contributed by atoms with Gasteiger partial charge in [-0.25, -0.2) is 8.42 Å². The monoisotopic (exact) mass is 507 g/mol. The van der Waals surface area contributed by atoms with E-state index in [-0.39, 0.29) is 22.5 Å². The first kappa shape index (κ1) is 25.4. The number of aryl methyl sites for hydroxylation is 2. The van der Waals surface area contributed by atoms with Gasteiger partial charge in [-0.1, -0.05) is 35.9 Å². The van der Waals surface area contributed by atoms with Gasteiger partial charge < -0.3 is 15.4 Å². The van der Waals surface area contributed by atoms with Gasteiger partial charge in [0.25, 0.3) is 21.8 Å². The molecule has 1 heterocycles. The van der Waals surface area contributed by atoms with Crippen LogP contribution in [0.5, 0.6) is 0 Å². The van der Waals surface area contributed by atoms with E-state index in [9.17, 15) is 18.0 Å². The fraction of sp³-hybridized carbons (Fsp3) is 0.259. The van der Waals surface area contributed by atoms with Gasteiger partial charge in [0.2, 0.25) is 0 Å². The van der Waals surface area contributed by atoms with Crippen molar-refractivity contribution in [1.82, 2.24) is 5.32 Å². The molecule has 9 heteroatoms. The summed E-state index contributed by atoms with van der Waals surface area (Å²) in [5.41, 5.74) is 2.84. The van der Waals surface area contributed by atoms with Gasteiger partial charge in [0.05, 0.1) is 27.9 Å². The van der Waals surface area contributed by atoms with Crippen molar-refractivity contribution < 1.29 is 22.7 Å². The molecule has 0 spiro atoms. The number of sulfonamides is 1. The van der Waals surface area contributed by atoms with E-state index in [1.807, 2.05) is 6.92 Å². The predicted octanol–water partition coefficient (Wildman–Crippen LogP) is 4.27. The summed E-state index contributed by atoms with van der Waals surface area (Å²) in [5.74, 6) is -0.776. The molecule has 188 valence electrons. The number of hydrogen-bond donors (Lipinski definition) is 3. The number of carbonyl (C=O) groups excluding carboxylic acids is 2. The van der Waals surface area contributed by atoms with Crippen LogP contribution in [-0.4, -0.2) is 39.5 Å². The Bertz CT molecular complexity index is 1360. The first-order valence-corrected chi connectivity index (χ1v) is 13.2. The Morgan fingerprint density at radius 3 is 2.42 bits per heavy atom. The van der Waals surface area contributed by atoms with Crippen molar-refractivity contribution in [3.63, 3.8) is 0 Å². The highest BCUT2D eigenvalue weighted by Crippen LogP contribution is 2.23. The second-order valence-corrected chi connectivity index (χ2v) is 10.5. The van der Waals surface area contributed by atoms with E-state index in [1.165, 1.54) is 18.2 Å². The Kier molecular flexibility index (Phi) is 7.71. The van der Waals surface area contributed by atoms with Gasteiger partial charge >= 0.3 is 0 Å². The van der Waals surface area contributed by atoms with Gasteiger partial charge in [-0.3, -0.25) is 14.3 Å². The number of amides is 2. The first-order valence-electron chi connectivity index (χ1n) is 11.7. The van der Waals surface area contributed by atoms with E-state index < -0.39 is 15.9 Å². The molecule has 3 aromatic rings. The van der Waals surface area contributed by atoms with Gasteiger partial charge in [0.1, 0.15) is 0 Å². The molecule has 1 atom stereocenters. The standard InChI is InChI=1S/C27H29N3O5S/c1-18-9-13-22(14-10-18)36(33,34)30-25-16-20(12-11-19(25)2)26(31)29-24-8-4-3-7-23(24)27(32)28-17-21-6-5-15-35-21/h3-4,7-14,16,21,30H,5-6,15,17H2,1-2H3,(H,28,32)(H,29,31). The maximum absolute atomic E-state index is 13.1. The summed E-state index contributed by atoms with van der Waals surface area (Å²) >= 11 is 0. The molecule has 0 radical (unpaired) electrons. The number of hydrogen-bond acceptors (Lipinski definition) is 5. The Labute approximate surface area is 211 Å². The van der Waals surface area contributed by atoms with Crippen LogP contribution in [0.2, 0.25) is 0 Å². The van der Waals surface area contributed by atoms with Crippen LogP contribution in [0, 0.1) is 13.8 Å². The lowest BCUT2D eigenvalue weighted by atomic mass is 10.1. The molecule has 1 fully saturated rings. The van der Waals surface area contributed by atoms with Crippen LogP contribution < -0.4 is 15.4 Å². The molecule has 0 bridgehead atoms. The topological polar surface area (TPSA) is 114 Å². The first-order chi connectivity index (χ1) is 17.2. The van der Waals surface area contributed by atoms with Crippen LogP contribution in [0.1, 0.15) is 44.7 Å². The van der Waals surface area contributed by atoms with Crippen LogP contribution in [-0.2, 0) is 14.8 Å². The minimum Gasteiger partial charge on any atom is -0.376 e. The Balaban J connectivity index is 1.49. The van der Waals surface area contributed by atoms with Gasteiger partial charge in [-0.05, 0) is 68.7 Å². The molecular weight excluding hydrogens is 478 g/mol.